The van der Waals surface area contributed by atoms with E-state index in [4.69, 9.17) is 9.84 Å². The maximum atomic E-state index is 12.6. The lowest BCUT2D eigenvalue weighted by molar-refractivity contribution is -0.131. The van der Waals surface area contributed by atoms with E-state index in [9.17, 15) is 14.7 Å². The number of rotatable bonds is 8. The van der Waals surface area contributed by atoms with Crippen molar-refractivity contribution in [2.24, 2.45) is 0 Å². The van der Waals surface area contributed by atoms with E-state index in [2.05, 4.69) is 28.4 Å². The minimum absolute atomic E-state index is 0.0162. The fourth-order valence-electron chi connectivity index (χ4n) is 4.29. The number of ether oxygens (including phenoxy) is 1. The molecular weight excluding hydrogens is 458 g/mol. The highest BCUT2D eigenvalue weighted by Crippen LogP contribution is 2.24. The molecular formula is C28H39N3O5. The van der Waals surface area contributed by atoms with Crippen LogP contribution in [-0.2, 0) is 29.1 Å². The number of aryl methyl sites for hydroxylation is 1. The number of nitrogens with one attached hydrogen (secondary N) is 1. The van der Waals surface area contributed by atoms with E-state index in [0.29, 0.717) is 39.1 Å². The van der Waals surface area contributed by atoms with Gasteiger partial charge in [0.15, 0.2) is 0 Å². The van der Waals surface area contributed by atoms with Crippen LogP contribution in [0.25, 0.3) is 0 Å². The van der Waals surface area contributed by atoms with Crippen LogP contribution in [-0.4, -0.2) is 77.8 Å². The molecule has 2 amide bonds. The van der Waals surface area contributed by atoms with Crippen LogP contribution in [0.15, 0.2) is 48.5 Å². The SMILES string of the molecule is CN(CC(O)CO)C(=O)CCc1ccc2c(c1)CN(Cc1ccccc1)CC(=O)NCCCCCO2. The first-order valence-electron chi connectivity index (χ1n) is 12.7. The lowest BCUT2D eigenvalue weighted by Crippen LogP contribution is -2.37. The van der Waals surface area contributed by atoms with Gasteiger partial charge in [-0.15, -0.1) is 0 Å². The molecule has 1 atom stereocenters. The van der Waals surface area contributed by atoms with Crippen LogP contribution >= 0.6 is 0 Å². The molecule has 1 aliphatic heterocycles. The second-order valence-corrected chi connectivity index (χ2v) is 9.44. The summed E-state index contributed by atoms with van der Waals surface area (Å²) in [7, 11) is 1.63. The van der Waals surface area contributed by atoms with Gasteiger partial charge in [-0.3, -0.25) is 14.5 Å². The van der Waals surface area contributed by atoms with Crippen molar-refractivity contribution in [3.8, 4) is 5.75 Å². The Morgan fingerprint density at radius 2 is 1.92 bits per heavy atom. The molecule has 0 spiro atoms. The monoisotopic (exact) mass is 497 g/mol. The number of aliphatic hydroxyl groups excluding tert-OH is 2. The minimum atomic E-state index is -0.939. The smallest absolute Gasteiger partial charge is 0.234 e. The highest BCUT2D eigenvalue weighted by molar-refractivity contribution is 5.78. The predicted molar refractivity (Wildman–Crippen MR) is 138 cm³/mol. The molecule has 1 unspecified atom stereocenters. The van der Waals surface area contributed by atoms with E-state index in [-0.39, 0.29) is 31.5 Å². The van der Waals surface area contributed by atoms with Crippen molar-refractivity contribution in [3.63, 3.8) is 0 Å². The maximum absolute atomic E-state index is 12.6. The lowest BCUT2D eigenvalue weighted by Gasteiger charge is -2.24. The minimum Gasteiger partial charge on any atom is -0.493 e. The molecule has 2 aromatic carbocycles. The molecule has 0 aliphatic carbocycles. The molecule has 196 valence electrons. The van der Waals surface area contributed by atoms with Gasteiger partial charge in [-0.1, -0.05) is 42.5 Å². The van der Waals surface area contributed by atoms with Gasteiger partial charge in [-0.05, 0) is 42.9 Å². The van der Waals surface area contributed by atoms with Crippen LogP contribution in [0, 0.1) is 0 Å². The number of aliphatic hydroxyl groups is 2. The van der Waals surface area contributed by atoms with Crippen LogP contribution in [0.3, 0.4) is 0 Å². The third-order valence-corrected chi connectivity index (χ3v) is 6.28. The number of amides is 2. The summed E-state index contributed by atoms with van der Waals surface area (Å²) >= 11 is 0. The Kier molecular flexibility index (Phi) is 11.2. The highest BCUT2D eigenvalue weighted by Gasteiger charge is 2.17. The molecule has 0 saturated heterocycles. The number of hydrogen-bond donors (Lipinski definition) is 3. The average molecular weight is 498 g/mol. The Morgan fingerprint density at radius 1 is 1.11 bits per heavy atom. The second kappa shape index (κ2) is 14.6. The highest BCUT2D eigenvalue weighted by atomic mass is 16.5. The molecule has 0 bridgehead atoms. The Hall–Kier alpha value is -2.94. The molecule has 3 rings (SSSR count). The zero-order valence-corrected chi connectivity index (χ0v) is 21.2. The van der Waals surface area contributed by atoms with Gasteiger partial charge in [0.2, 0.25) is 11.8 Å². The van der Waals surface area contributed by atoms with E-state index >= 15 is 0 Å². The summed E-state index contributed by atoms with van der Waals surface area (Å²) in [6, 6.07) is 16.1. The van der Waals surface area contributed by atoms with Gasteiger partial charge in [-0.25, -0.2) is 0 Å². The Bertz CT molecular complexity index is 969. The third kappa shape index (κ3) is 9.26. The number of carbonyl (C=O) groups is 2. The average Bonchev–Trinajstić information content (AvgIpc) is 2.88. The van der Waals surface area contributed by atoms with Gasteiger partial charge in [0, 0.05) is 45.2 Å². The first kappa shape index (κ1) is 27.6. The normalized spacial score (nSPS) is 16.4. The fourth-order valence-corrected chi connectivity index (χ4v) is 4.29. The van der Waals surface area contributed by atoms with Crippen molar-refractivity contribution in [3.05, 3.63) is 65.2 Å². The van der Waals surface area contributed by atoms with Gasteiger partial charge in [-0.2, -0.15) is 0 Å². The van der Waals surface area contributed by atoms with Crippen LogP contribution in [0.4, 0.5) is 0 Å². The zero-order valence-electron chi connectivity index (χ0n) is 21.2. The first-order chi connectivity index (χ1) is 17.4. The number of likely N-dealkylation sites (N-methyl/N-ethyl adjacent to an activating group) is 1. The summed E-state index contributed by atoms with van der Waals surface area (Å²) in [5.74, 6) is 0.735. The van der Waals surface area contributed by atoms with Crippen molar-refractivity contribution in [1.82, 2.24) is 15.1 Å². The van der Waals surface area contributed by atoms with Crippen LogP contribution in [0.5, 0.6) is 5.75 Å². The molecule has 0 radical (unpaired) electrons. The molecule has 0 aromatic heterocycles. The topological polar surface area (TPSA) is 102 Å². The maximum Gasteiger partial charge on any atom is 0.234 e. The molecule has 36 heavy (non-hydrogen) atoms. The molecule has 1 aliphatic rings. The number of nitrogens with zero attached hydrogens (tertiary/aromatic N) is 2. The van der Waals surface area contributed by atoms with E-state index in [1.165, 1.54) is 4.90 Å². The summed E-state index contributed by atoms with van der Waals surface area (Å²) in [6.45, 7) is 2.48. The number of carbonyl (C=O) groups excluding carboxylic acids is 2. The summed E-state index contributed by atoms with van der Waals surface area (Å²) in [5, 5.41) is 21.7. The molecule has 1 heterocycles. The Balaban J connectivity index is 1.76. The van der Waals surface area contributed by atoms with Gasteiger partial charge in [0.1, 0.15) is 5.75 Å². The third-order valence-electron chi connectivity index (χ3n) is 6.28. The van der Waals surface area contributed by atoms with Crippen LogP contribution in [0.1, 0.15) is 42.4 Å². The van der Waals surface area contributed by atoms with Crippen LogP contribution < -0.4 is 10.1 Å². The van der Waals surface area contributed by atoms with E-state index in [0.717, 1.165) is 41.7 Å². The fraction of sp³-hybridized carbons (Fsp3) is 0.500. The summed E-state index contributed by atoms with van der Waals surface area (Å²) in [4.78, 5) is 28.7. The summed E-state index contributed by atoms with van der Waals surface area (Å²) in [5.41, 5.74) is 3.13. The van der Waals surface area contributed by atoms with Crippen molar-refractivity contribution in [2.45, 2.75) is 51.3 Å². The van der Waals surface area contributed by atoms with Crippen molar-refractivity contribution < 1.29 is 24.5 Å². The number of benzene rings is 2. The van der Waals surface area contributed by atoms with Gasteiger partial charge in [0.05, 0.1) is 25.9 Å². The van der Waals surface area contributed by atoms with Crippen molar-refractivity contribution >= 4 is 11.8 Å². The largest absolute Gasteiger partial charge is 0.493 e. The van der Waals surface area contributed by atoms with Gasteiger partial charge < -0.3 is 25.2 Å². The standard InChI is InChI=1S/C28H39N3O5/c1-30(19-25(33)21-32)28(35)13-11-22-10-12-26-24(16-22)18-31(17-23-8-4-2-5-9-23)20-27(34)29-14-6-3-7-15-36-26/h2,4-5,8-10,12,16,25,32-33H,3,6-7,11,13-15,17-21H2,1H3,(H,29,34). The van der Waals surface area contributed by atoms with Gasteiger partial charge >= 0.3 is 0 Å². The van der Waals surface area contributed by atoms with E-state index < -0.39 is 6.10 Å². The van der Waals surface area contributed by atoms with E-state index in [1.807, 2.05) is 30.3 Å². The molecule has 3 N–H and O–H groups in total. The Morgan fingerprint density at radius 3 is 2.69 bits per heavy atom. The molecule has 2 aromatic rings. The predicted octanol–water partition coefficient (Wildman–Crippen LogP) is 2.11. The van der Waals surface area contributed by atoms with Crippen molar-refractivity contribution in [2.75, 3.05) is 39.9 Å². The summed E-state index contributed by atoms with van der Waals surface area (Å²) in [6.07, 6.45) is 2.74. The molecule has 0 fully saturated rings. The number of hydrogen-bond acceptors (Lipinski definition) is 6. The van der Waals surface area contributed by atoms with Crippen molar-refractivity contribution in [1.29, 1.82) is 0 Å². The lowest BCUT2D eigenvalue weighted by atomic mass is 10.0. The zero-order chi connectivity index (χ0) is 25.8. The molecule has 8 nitrogen and oxygen atoms in total. The Labute approximate surface area is 213 Å². The molecule has 0 saturated carbocycles. The van der Waals surface area contributed by atoms with Crippen LogP contribution in [0.2, 0.25) is 0 Å². The van der Waals surface area contributed by atoms with Gasteiger partial charge in [0.25, 0.3) is 0 Å². The second-order valence-electron chi connectivity index (χ2n) is 9.44. The van der Waals surface area contributed by atoms with E-state index in [1.54, 1.807) is 7.05 Å². The number of fused-ring (bicyclic) bond motifs is 1. The summed E-state index contributed by atoms with van der Waals surface area (Å²) < 4.78 is 6.14. The first-order valence-corrected chi connectivity index (χ1v) is 12.7. The quantitative estimate of drug-likeness (QED) is 0.516. The molecule has 8 heteroatoms.